The number of rotatable bonds is 3. The number of nitrogens with zero attached hydrogens (tertiary/aromatic N) is 5. The van der Waals surface area contributed by atoms with Crippen LogP contribution in [-0.2, 0) is 13.0 Å². The Hall–Kier alpha value is -1.93. The van der Waals surface area contributed by atoms with E-state index in [-0.39, 0.29) is 5.56 Å². The summed E-state index contributed by atoms with van der Waals surface area (Å²) in [5.74, 6) is 0.734. The minimum Gasteiger partial charge on any atom is -0.339 e. The Balaban J connectivity index is 1.71. The highest BCUT2D eigenvalue weighted by Crippen LogP contribution is 2.34. The molecule has 2 aliphatic heterocycles. The normalized spacial score (nSPS) is 18.2. The van der Waals surface area contributed by atoms with Crippen molar-refractivity contribution in [2.75, 3.05) is 51.2 Å². The molecule has 6 nitrogen and oxygen atoms in total. The summed E-state index contributed by atoms with van der Waals surface area (Å²) < 4.78 is 1.78. The van der Waals surface area contributed by atoms with Gasteiger partial charge < -0.3 is 14.7 Å². The van der Waals surface area contributed by atoms with Crippen molar-refractivity contribution in [3.63, 3.8) is 0 Å². The zero-order chi connectivity index (χ0) is 20.8. The Bertz CT molecular complexity index is 1150. The number of thiophene rings is 1. The van der Waals surface area contributed by atoms with Gasteiger partial charge in [-0.15, -0.1) is 11.3 Å². The lowest BCUT2D eigenvalue weighted by Gasteiger charge is -2.35. The van der Waals surface area contributed by atoms with E-state index in [4.69, 9.17) is 16.6 Å². The van der Waals surface area contributed by atoms with Crippen LogP contribution in [-0.4, -0.2) is 65.7 Å². The lowest BCUT2D eigenvalue weighted by atomic mass is 10.1. The monoisotopic (exact) mass is 443 g/mol. The van der Waals surface area contributed by atoms with Gasteiger partial charge in [0.05, 0.1) is 11.1 Å². The summed E-state index contributed by atoms with van der Waals surface area (Å²) >= 11 is 7.97. The molecule has 0 amide bonds. The van der Waals surface area contributed by atoms with E-state index >= 15 is 0 Å². The van der Waals surface area contributed by atoms with E-state index in [0.717, 1.165) is 74.1 Å². The van der Waals surface area contributed by atoms with Crippen molar-refractivity contribution < 1.29 is 0 Å². The van der Waals surface area contributed by atoms with Gasteiger partial charge in [-0.1, -0.05) is 24.6 Å². The van der Waals surface area contributed by atoms with Crippen molar-refractivity contribution in [3.8, 4) is 5.69 Å². The van der Waals surface area contributed by atoms with Crippen LogP contribution in [0.15, 0.2) is 29.1 Å². The van der Waals surface area contributed by atoms with E-state index in [0.29, 0.717) is 5.02 Å². The van der Waals surface area contributed by atoms with Crippen molar-refractivity contribution in [3.05, 3.63) is 50.1 Å². The van der Waals surface area contributed by atoms with Crippen LogP contribution in [0, 0.1) is 0 Å². The largest absolute Gasteiger partial charge is 0.339 e. The first-order chi connectivity index (χ1) is 14.5. The molecule has 2 aliphatic rings. The molecule has 1 fully saturated rings. The van der Waals surface area contributed by atoms with Crippen molar-refractivity contribution >= 4 is 39.1 Å². The van der Waals surface area contributed by atoms with E-state index < -0.39 is 0 Å². The maximum Gasteiger partial charge on any atom is 0.268 e. The number of fused-ring (bicyclic) bond motifs is 3. The Morgan fingerprint density at radius 2 is 1.97 bits per heavy atom. The summed E-state index contributed by atoms with van der Waals surface area (Å²) in [6.45, 7) is 8.77. The molecule has 0 radical (unpaired) electrons. The van der Waals surface area contributed by atoms with Gasteiger partial charge in [0.25, 0.3) is 5.56 Å². The Kier molecular flexibility index (Phi) is 5.31. The van der Waals surface area contributed by atoms with Crippen LogP contribution in [0.4, 0.5) is 5.95 Å². The van der Waals surface area contributed by atoms with Crippen LogP contribution >= 0.6 is 22.9 Å². The summed E-state index contributed by atoms with van der Waals surface area (Å²) in [6, 6.07) is 7.53. The average Bonchev–Trinajstić information content (AvgIpc) is 3.11. The van der Waals surface area contributed by atoms with E-state index in [1.54, 1.807) is 15.9 Å². The third-order valence-electron chi connectivity index (χ3n) is 6.22. The number of benzene rings is 1. The molecule has 2 aromatic heterocycles. The third kappa shape index (κ3) is 3.43. The maximum absolute atomic E-state index is 13.9. The van der Waals surface area contributed by atoms with Gasteiger partial charge in [-0.3, -0.25) is 4.79 Å². The molecule has 5 rings (SSSR count). The average molecular weight is 444 g/mol. The number of anilines is 1. The fraction of sp³-hybridized carbons (Fsp3) is 0.455. The number of piperazine rings is 1. The van der Waals surface area contributed by atoms with Crippen molar-refractivity contribution in [1.82, 2.24) is 19.4 Å². The standard InChI is InChI=1S/C22H26ClN5OS/c1-3-26-9-11-27(12-10-26)22-24-20-19(17-7-8-25(2)14-18(17)30-20)21(29)28(22)16-6-4-5-15(23)13-16/h4-6,13H,3,7-12,14H2,1-2H3. The molecule has 0 spiro atoms. The SMILES string of the molecule is CCN1CCN(c2nc3sc4c(c3c(=O)n2-c2cccc(Cl)c2)CCN(C)C4)CC1. The van der Waals surface area contributed by atoms with Crippen molar-refractivity contribution in [2.24, 2.45) is 0 Å². The first kappa shape index (κ1) is 20.0. The second-order valence-corrected chi connectivity index (χ2v) is 9.65. The zero-order valence-electron chi connectivity index (χ0n) is 17.4. The van der Waals surface area contributed by atoms with Crippen molar-refractivity contribution in [2.45, 2.75) is 19.9 Å². The Morgan fingerprint density at radius 1 is 1.17 bits per heavy atom. The second-order valence-electron chi connectivity index (χ2n) is 8.13. The summed E-state index contributed by atoms with van der Waals surface area (Å²) in [6.07, 6.45) is 0.896. The molecule has 0 N–H and O–H groups in total. The molecule has 0 saturated carbocycles. The lowest BCUT2D eigenvalue weighted by molar-refractivity contribution is 0.269. The highest BCUT2D eigenvalue weighted by atomic mass is 35.5. The molecule has 1 saturated heterocycles. The molecule has 30 heavy (non-hydrogen) atoms. The van der Waals surface area contributed by atoms with Gasteiger partial charge in [0.1, 0.15) is 4.83 Å². The molecule has 3 aromatic rings. The molecule has 8 heteroatoms. The van der Waals surface area contributed by atoms with E-state index in [2.05, 4.69) is 28.7 Å². The lowest BCUT2D eigenvalue weighted by Crippen LogP contribution is -2.48. The quantitative estimate of drug-likeness (QED) is 0.621. The van der Waals surface area contributed by atoms with E-state index in [1.165, 1.54) is 10.4 Å². The molecule has 4 heterocycles. The van der Waals surface area contributed by atoms with Crippen LogP contribution < -0.4 is 10.5 Å². The topological polar surface area (TPSA) is 44.6 Å². The van der Waals surface area contributed by atoms with Crippen LogP contribution in [0.2, 0.25) is 5.02 Å². The van der Waals surface area contributed by atoms with E-state index in [9.17, 15) is 4.79 Å². The molecule has 0 unspecified atom stereocenters. The number of hydrogen-bond donors (Lipinski definition) is 0. The fourth-order valence-corrected chi connectivity index (χ4v) is 5.95. The molecule has 0 bridgehead atoms. The minimum absolute atomic E-state index is 0.0252. The highest BCUT2D eigenvalue weighted by molar-refractivity contribution is 7.18. The van der Waals surface area contributed by atoms with Gasteiger partial charge in [0.15, 0.2) is 0 Å². The van der Waals surface area contributed by atoms with Gasteiger partial charge in [0, 0.05) is 49.2 Å². The van der Waals surface area contributed by atoms with Gasteiger partial charge in [0.2, 0.25) is 5.95 Å². The predicted molar refractivity (Wildman–Crippen MR) is 125 cm³/mol. The smallest absolute Gasteiger partial charge is 0.268 e. The molecule has 0 aliphatic carbocycles. The molecule has 1 aromatic carbocycles. The van der Waals surface area contributed by atoms with Gasteiger partial charge in [-0.25, -0.2) is 9.55 Å². The summed E-state index contributed by atoms with van der Waals surface area (Å²) in [5.41, 5.74) is 1.99. The molecular weight excluding hydrogens is 418 g/mol. The Morgan fingerprint density at radius 3 is 2.70 bits per heavy atom. The molecular formula is C22H26ClN5OS. The van der Waals surface area contributed by atoms with Crippen LogP contribution in [0.1, 0.15) is 17.4 Å². The van der Waals surface area contributed by atoms with Crippen LogP contribution in [0.3, 0.4) is 0 Å². The van der Waals surface area contributed by atoms with Crippen LogP contribution in [0.5, 0.6) is 0 Å². The number of halogens is 1. The minimum atomic E-state index is 0.0252. The predicted octanol–water partition coefficient (Wildman–Crippen LogP) is 3.23. The molecule has 158 valence electrons. The van der Waals surface area contributed by atoms with E-state index in [1.807, 2.05) is 24.3 Å². The number of aromatic nitrogens is 2. The first-order valence-electron chi connectivity index (χ1n) is 10.5. The number of likely N-dealkylation sites (N-methyl/N-ethyl adjacent to an activating group) is 2. The Labute approximate surface area is 185 Å². The maximum atomic E-state index is 13.9. The third-order valence-corrected chi connectivity index (χ3v) is 7.56. The summed E-state index contributed by atoms with van der Waals surface area (Å²) in [5, 5.41) is 1.41. The van der Waals surface area contributed by atoms with Gasteiger partial charge in [-0.05, 0) is 43.8 Å². The van der Waals surface area contributed by atoms with Crippen LogP contribution in [0.25, 0.3) is 15.9 Å². The first-order valence-corrected chi connectivity index (χ1v) is 11.7. The molecule has 0 atom stereocenters. The highest BCUT2D eigenvalue weighted by Gasteiger charge is 2.27. The zero-order valence-corrected chi connectivity index (χ0v) is 19.0. The number of hydrogen-bond acceptors (Lipinski definition) is 6. The summed E-state index contributed by atoms with van der Waals surface area (Å²) in [7, 11) is 2.13. The van der Waals surface area contributed by atoms with Gasteiger partial charge in [-0.2, -0.15) is 0 Å². The summed E-state index contributed by atoms with van der Waals surface area (Å²) in [4.78, 5) is 28.1. The van der Waals surface area contributed by atoms with Gasteiger partial charge >= 0.3 is 0 Å². The second kappa shape index (κ2) is 7.96. The fourth-order valence-electron chi connectivity index (χ4n) is 4.48. The van der Waals surface area contributed by atoms with Crippen molar-refractivity contribution in [1.29, 1.82) is 0 Å².